The van der Waals surface area contributed by atoms with Crippen molar-refractivity contribution < 1.29 is 9.53 Å². The number of hydrogen-bond acceptors (Lipinski definition) is 3. The molecule has 1 saturated heterocycles. The van der Waals surface area contributed by atoms with Gasteiger partial charge in [-0.2, -0.15) is 0 Å². The summed E-state index contributed by atoms with van der Waals surface area (Å²) in [5.74, 6) is 0.104. The molecule has 100 valence electrons. The summed E-state index contributed by atoms with van der Waals surface area (Å²) in [5.41, 5.74) is 0. The summed E-state index contributed by atoms with van der Waals surface area (Å²) in [7, 11) is 0. The highest BCUT2D eigenvalue weighted by molar-refractivity contribution is 5.85. The van der Waals surface area contributed by atoms with Crippen molar-refractivity contribution in [2.24, 2.45) is 0 Å². The van der Waals surface area contributed by atoms with Crippen LogP contribution >= 0.6 is 12.4 Å². The van der Waals surface area contributed by atoms with E-state index in [4.69, 9.17) is 4.74 Å². The molecular weight excluding hydrogens is 240 g/mol. The fraction of sp³-hybridized carbons (Fsp3) is 0.750. The predicted molar refractivity (Wildman–Crippen MR) is 71.5 cm³/mol. The third kappa shape index (κ3) is 6.05. The Labute approximate surface area is 110 Å². The van der Waals surface area contributed by atoms with E-state index in [1.807, 2.05) is 11.8 Å². The molecule has 1 unspecified atom stereocenters. The molecule has 0 saturated carbocycles. The molecule has 0 spiro atoms. The lowest BCUT2D eigenvalue weighted by atomic mass is 10.3. The second-order valence-corrected chi connectivity index (χ2v) is 4.02. The quantitative estimate of drug-likeness (QED) is 0.598. The van der Waals surface area contributed by atoms with Crippen molar-refractivity contribution in [2.45, 2.75) is 25.9 Å². The summed E-state index contributed by atoms with van der Waals surface area (Å²) < 4.78 is 5.46. The largest absolute Gasteiger partial charge is 0.368 e. The van der Waals surface area contributed by atoms with Gasteiger partial charge in [-0.25, -0.2) is 0 Å². The van der Waals surface area contributed by atoms with Crippen LogP contribution in [0.25, 0.3) is 0 Å². The molecule has 1 N–H and O–H groups in total. The topological polar surface area (TPSA) is 41.6 Å². The van der Waals surface area contributed by atoms with E-state index in [0.29, 0.717) is 6.61 Å². The molecule has 0 aliphatic carbocycles. The molecule has 1 amide bonds. The van der Waals surface area contributed by atoms with Crippen LogP contribution in [0.15, 0.2) is 12.7 Å². The maximum Gasteiger partial charge on any atom is 0.251 e. The average Bonchev–Trinajstić information content (AvgIpc) is 2.56. The normalized spacial score (nSPS) is 17.8. The Morgan fingerprint density at radius 2 is 2.29 bits per heavy atom. The molecule has 0 bridgehead atoms. The summed E-state index contributed by atoms with van der Waals surface area (Å²) in [6.45, 7) is 9.51. The van der Waals surface area contributed by atoms with Crippen molar-refractivity contribution in [1.29, 1.82) is 0 Å². The smallest absolute Gasteiger partial charge is 0.251 e. The Hall–Kier alpha value is -0.580. The Kier molecular flexibility index (Phi) is 9.13. The van der Waals surface area contributed by atoms with Gasteiger partial charge in [0.15, 0.2) is 0 Å². The van der Waals surface area contributed by atoms with E-state index in [2.05, 4.69) is 11.9 Å². The van der Waals surface area contributed by atoms with Crippen LogP contribution in [-0.4, -0.2) is 49.7 Å². The van der Waals surface area contributed by atoms with Gasteiger partial charge >= 0.3 is 0 Å². The molecule has 0 radical (unpaired) electrons. The van der Waals surface area contributed by atoms with Gasteiger partial charge in [-0.1, -0.05) is 6.08 Å². The number of hydrogen-bond donors (Lipinski definition) is 1. The fourth-order valence-electron chi connectivity index (χ4n) is 1.72. The van der Waals surface area contributed by atoms with Gasteiger partial charge in [-0.05, 0) is 26.3 Å². The number of carbonyl (C=O) groups excluding carboxylic acids is 1. The van der Waals surface area contributed by atoms with Crippen LogP contribution < -0.4 is 5.32 Å². The number of ether oxygens (including phenoxy) is 1. The Morgan fingerprint density at radius 1 is 1.53 bits per heavy atom. The van der Waals surface area contributed by atoms with Gasteiger partial charge in [0.25, 0.3) is 5.91 Å². The van der Waals surface area contributed by atoms with Crippen molar-refractivity contribution >= 4 is 18.3 Å². The molecule has 1 atom stereocenters. The molecule has 17 heavy (non-hydrogen) atoms. The number of halogens is 1. The molecule has 1 aliphatic rings. The lowest BCUT2D eigenvalue weighted by Crippen LogP contribution is -2.41. The van der Waals surface area contributed by atoms with Crippen LogP contribution in [0.1, 0.15) is 19.8 Å². The molecule has 5 heteroatoms. The van der Waals surface area contributed by atoms with Crippen molar-refractivity contribution in [2.75, 3.05) is 32.8 Å². The summed E-state index contributed by atoms with van der Waals surface area (Å²) in [6.07, 6.45) is 3.27. The van der Waals surface area contributed by atoms with E-state index in [-0.39, 0.29) is 24.4 Å². The molecule has 1 heterocycles. The molecule has 0 aromatic heterocycles. The van der Waals surface area contributed by atoms with Gasteiger partial charge in [-0.3, -0.25) is 4.79 Å². The van der Waals surface area contributed by atoms with Crippen LogP contribution in [0.3, 0.4) is 0 Å². The summed E-state index contributed by atoms with van der Waals surface area (Å²) in [5, 5.41) is 3.28. The number of amides is 1. The minimum atomic E-state index is -0.335. The maximum atomic E-state index is 12.0. The minimum Gasteiger partial charge on any atom is -0.368 e. The van der Waals surface area contributed by atoms with Crippen LogP contribution in [-0.2, 0) is 9.53 Å². The van der Waals surface area contributed by atoms with Crippen LogP contribution in [0, 0.1) is 0 Å². The van der Waals surface area contributed by atoms with Crippen LogP contribution in [0.5, 0.6) is 0 Å². The third-order valence-corrected chi connectivity index (χ3v) is 2.69. The zero-order valence-electron chi connectivity index (χ0n) is 10.5. The number of nitrogens with one attached hydrogen (secondary N) is 1. The van der Waals surface area contributed by atoms with E-state index < -0.39 is 0 Å². The average molecular weight is 263 g/mol. The Balaban J connectivity index is 0.00000256. The number of rotatable bonds is 5. The first-order valence-electron chi connectivity index (χ1n) is 5.97. The van der Waals surface area contributed by atoms with Crippen molar-refractivity contribution in [1.82, 2.24) is 10.2 Å². The van der Waals surface area contributed by atoms with Crippen LogP contribution in [0.4, 0.5) is 0 Å². The lowest BCUT2D eigenvalue weighted by Gasteiger charge is -2.23. The van der Waals surface area contributed by atoms with Crippen molar-refractivity contribution in [3.8, 4) is 0 Å². The van der Waals surface area contributed by atoms with E-state index in [1.165, 1.54) is 0 Å². The van der Waals surface area contributed by atoms with E-state index >= 15 is 0 Å². The van der Waals surface area contributed by atoms with Gasteiger partial charge in [0, 0.05) is 19.6 Å². The predicted octanol–water partition coefficient (Wildman–Crippen LogP) is 1.21. The van der Waals surface area contributed by atoms with Gasteiger partial charge in [0.1, 0.15) is 6.10 Å². The summed E-state index contributed by atoms with van der Waals surface area (Å²) >= 11 is 0. The maximum absolute atomic E-state index is 12.0. The van der Waals surface area contributed by atoms with E-state index in [1.54, 1.807) is 6.08 Å². The number of carbonyl (C=O) groups is 1. The van der Waals surface area contributed by atoms with E-state index in [9.17, 15) is 4.79 Å². The van der Waals surface area contributed by atoms with Gasteiger partial charge < -0.3 is 15.0 Å². The Bertz CT molecular complexity index is 229. The minimum absolute atomic E-state index is 0. The highest BCUT2D eigenvalue weighted by Crippen LogP contribution is 2.03. The lowest BCUT2D eigenvalue weighted by molar-refractivity contribution is -0.142. The SMILES string of the molecule is C=CCCOC(C)C(=O)N1CCCNCC1.Cl. The molecule has 1 fully saturated rings. The standard InChI is InChI=1S/C12H22N2O2.ClH/c1-3-4-10-16-11(2)12(15)14-8-5-6-13-7-9-14;/h3,11,13H,1,4-10H2,2H3;1H. The van der Waals surface area contributed by atoms with Gasteiger partial charge in [-0.15, -0.1) is 19.0 Å². The molecule has 1 rings (SSSR count). The fourth-order valence-corrected chi connectivity index (χ4v) is 1.72. The molecule has 0 aromatic carbocycles. The highest BCUT2D eigenvalue weighted by atomic mass is 35.5. The number of nitrogens with zero attached hydrogens (tertiary/aromatic N) is 1. The Morgan fingerprint density at radius 3 is 3.00 bits per heavy atom. The third-order valence-electron chi connectivity index (χ3n) is 2.69. The van der Waals surface area contributed by atoms with E-state index in [0.717, 1.165) is 39.0 Å². The molecular formula is C12H23ClN2O2. The summed E-state index contributed by atoms with van der Waals surface area (Å²) in [4.78, 5) is 13.9. The monoisotopic (exact) mass is 262 g/mol. The first kappa shape index (κ1) is 16.4. The first-order valence-corrected chi connectivity index (χ1v) is 5.97. The first-order chi connectivity index (χ1) is 7.75. The second kappa shape index (κ2) is 9.45. The zero-order chi connectivity index (χ0) is 11.8. The van der Waals surface area contributed by atoms with Gasteiger partial charge in [0.05, 0.1) is 6.61 Å². The molecule has 1 aliphatic heterocycles. The zero-order valence-corrected chi connectivity index (χ0v) is 11.3. The second-order valence-electron chi connectivity index (χ2n) is 4.02. The van der Waals surface area contributed by atoms with Crippen molar-refractivity contribution in [3.05, 3.63) is 12.7 Å². The van der Waals surface area contributed by atoms with Gasteiger partial charge in [0.2, 0.25) is 0 Å². The van der Waals surface area contributed by atoms with Crippen molar-refractivity contribution in [3.63, 3.8) is 0 Å². The highest BCUT2D eigenvalue weighted by Gasteiger charge is 2.21. The van der Waals surface area contributed by atoms with Crippen LogP contribution in [0.2, 0.25) is 0 Å². The summed E-state index contributed by atoms with van der Waals surface area (Å²) in [6, 6.07) is 0. The molecule has 4 nitrogen and oxygen atoms in total. The molecule has 0 aromatic rings.